The molecule has 3 aliphatic rings. The van der Waals surface area contributed by atoms with Crippen molar-refractivity contribution in [2.45, 2.75) is 142 Å². The predicted molar refractivity (Wildman–Crippen MR) is 129 cm³/mol. The molecule has 0 N–H and O–H groups in total. The normalized spacial score (nSPS) is 37.6. The fraction of sp³-hybridized carbons (Fsp3) is 0.966. The third-order valence-corrected chi connectivity index (χ3v) is 9.76. The van der Waals surface area contributed by atoms with Gasteiger partial charge in [0.05, 0.1) is 11.5 Å². The first-order valence-electron chi connectivity index (χ1n) is 14.1. The molecule has 0 aromatic carbocycles. The quantitative estimate of drug-likeness (QED) is 0.327. The van der Waals surface area contributed by atoms with Crippen LogP contribution in [-0.4, -0.2) is 0 Å². The number of nitrogens with zero attached hydrogens (tertiary/aromatic N) is 1. The molecule has 3 saturated carbocycles. The number of unbranched alkanes of at least 4 members (excludes halogenated alkanes) is 4. The Hall–Kier alpha value is -0.510. The van der Waals surface area contributed by atoms with E-state index < -0.39 is 0 Å². The van der Waals surface area contributed by atoms with Gasteiger partial charge in [0.15, 0.2) is 0 Å². The van der Waals surface area contributed by atoms with Crippen LogP contribution in [0.25, 0.3) is 0 Å². The first-order valence-corrected chi connectivity index (χ1v) is 14.1. The lowest BCUT2D eigenvalue weighted by Gasteiger charge is -2.46. The van der Waals surface area contributed by atoms with E-state index in [4.69, 9.17) is 0 Å². The molecule has 3 fully saturated rings. The van der Waals surface area contributed by atoms with Gasteiger partial charge in [0.1, 0.15) is 0 Å². The highest BCUT2D eigenvalue weighted by Crippen LogP contribution is 2.52. The van der Waals surface area contributed by atoms with Crippen LogP contribution < -0.4 is 0 Å². The van der Waals surface area contributed by atoms with Crippen LogP contribution in [0.15, 0.2) is 0 Å². The molecule has 1 heteroatoms. The average molecular weight is 414 g/mol. The van der Waals surface area contributed by atoms with Crippen LogP contribution in [0.1, 0.15) is 142 Å². The zero-order chi connectivity index (χ0) is 21.2. The molecule has 172 valence electrons. The van der Waals surface area contributed by atoms with Crippen LogP contribution in [-0.2, 0) is 0 Å². The van der Waals surface area contributed by atoms with Gasteiger partial charge in [-0.2, -0.15) is 5.26 Å². The Morgan fingerprint density at radius 1 is 0.633 bits per heavy atom. The second-order valence-electron chi connectivity index (χ2n) is 11.6. The Kier molecular flexibility index (Phi) is 10.1. The van der Waals surface area contributed by atoms with Crippen LogP contribution in [0.4, 0.5) is 0 Å². The summed E-state index contributed by atoms with van der Waals surface area (Å²) >= 11 is 0. The molecule has 3 rings (SSSR count). The Balaban J connectivity index is 1.40. The molecule has 0 bridgehead atoms. The summed E-state index contributed by atoms with van der Waals surface area (Å²) in [5.41, 5.74) is 0.0439. The Labute approximate surface area is 188 Å². The van der Waals surface area contributed by atoms with Crippen molar-refractivity contribution in [3.63, 3.8) is 0 Å². The first kappa shape index (κ1) is 24.1. The van der Waals surface area contributed by atoms with Gasteiger partial charge >= 0.3 is 0 Å². The summed E-state index contributed by atoms with van der Waals surface area (Å²) in [6, 6.07) is 2.91. The molecule has 0 aromatic rings. The summed E-state index contributed by atoms with van der Waals surface area (Å²) < 4.78 is 0. The summed E-state index contributed by atoms with van der Waals surface area (Å²) in [7, 11) is 0. The molecule has 0 aromatic heterocycles. The van der Waals surface area contributed by atoms with Gasteiger partial charge in [-0.05, 0) is 81.0 Å². The van der Waals surface area contributed by atoms with Gasteiger partial charge in [-0.15, -0.1) is 0 Å². The van der Waals surface area contributed by atoms with Crippen molar-refractivity contribution in [3.8, 4) is 6.07 Å². The number of rotatable bonds is 10. The van der Waals surface area contributed by atoms with Crippen LogP contribution in [0.5, 0.6) is 0 Å². The fourth-order valence-corrected chi connectivity index (χ4v) is 7.56. The van der Waals surface area contributed by atoms with E-state index in [1.807, 2.05) is 0 Å². The van der Waals surface area contributed by atoms with Crippen molar-refractivity contribution in [1.29, 1.82) is 5.26 Å². The van der Waals surface area contributed by atoms with Crippen molar-refractivity contribution in [1.82, 2.24) is 0 Å². The van der Waals surface area contributed by atoms with E-state index in [2.05, 4.69) is 19.9 Å². The molecule has 0 atom stereocenters. The molecule has 1 nitrogen and oxygen atoms in total. The van der Waals surface area contributed by atoms with E-state index in [-0.39, 0.29) is 5.41 Å². The minimum Gasteiger partial charge on any atom is -0.198 e. The Bertz CT molecular complexity index is 493. The lowest BCUT2D eigenvalue weighted by Crippen LogP contribution is -2.38. The van der Waals surface area contributed by atoms with Gasteiger partial charge in [0, 0.05) is 0 Å². The molecule has 0 radical (unpaired) electrons. The van der Waals surface area contributed by atoms with Gasteiger partial charge in [0.25, 0.3) is 0 Å². The van der Waals surface area contributed by atoms with Gasteiger partial charge in [0.2, 0.25) is 0 Å². The highest BCUT2D eigenvalue weighted by atomic mass is 14.5. The first-order chi connectivity index (χ1) is 14.7. The van der Waals surface area contributed by atoms with Crippen molar-refractivity contribution in [2.24, 2.45) is 35.0 Å². The summed E-state index contributed by atoms with van der Waals surface area (Å²) in [6.07, 6.45) is 28.0. The molecule has 0 unspecified atom stereocenters. The third kappa shape index (κ3) is 6.50. The minimum absolute atomic E-state index is 0.0439. The molecule has 0 heterocycles. The number of hydrogen-bond acceptors (Lipinski definition) is 1. The summed E-state index contributed by atoms with van der Waals surface area (Å²) in [5, 5.41) is 10.2. The van der Waals surface area contributed by atoms with Gasteiger partial charge in [-0.3, -0.25) is 0 Å². The van der Waals surface area contributed by atoms with E-state index in [1.54, 1.807) is 0 Å². The second-order valence-corrected chi connectivity index (χ2v) is 11.6. The molecule has 30 heavy (non-hydrogen) atoms. The van der Waals surface area contributed by atoms with Gasteiger partial charge in [-0.1, -0.05) is 90.9 Å². The predicted octanol–water partition coefficient (Wildman–Crippen LogP) is 9.46. The number of hydrogen-bond donors (Lipinski definition) is 0. The molecule has 3 aliphatic carbocycles. The summed E-state index contributed by atoms with van der Waals surface area (Å²) in [6.45, 7) is 4.63. The molecule has 0 amide bonds. The zero-order valence-corrected chi connectivity index (χ0v) is 20.5. The fourth-order valence-electron chi connectivity index (χ4n) is 7.56. The topological polar surface area (TPSA) is 23.8 Å². The summed E-state index contributed by atoms with van der Waals surface area (Å²) in [5.74, 6) is 4.63. The standard InChI is InChI=1S/C29H51N/c1-3-5-7-9-24-11-15-26(16-12-24)27-19-21-29(23-30,22-20-27)28-17-13-25(14-18-28)10-8-6-4-2/h24-28H,3-22H2,1-2H3. The van der Waals surface area contributed by atoms with Crippen molar-refractivity contribution < 1.29 is 0 Å². The molecular formula is C29H51N. The number of nitriles is 1. The second kappa shape index (κ2) is 12.5. The van der Waals surface area contributed by atoms with Crippen molar-refractivity contribution in [3.05, 3.63) is 0 Å². The van der Waals surface area contributed by atoms with Gasteiger partial charge < -0.3 is 0 Å². The van der Waals surface area contributed by atoms with E-state index >= 15 is 0 Å². The maximum Gasteiger partial charge on any atom is 0.0692 e. The average Bonchev–Trinajstić information content (AvgIpc) is 2.80. The van der Waals surface area contributed by atoms with Crippen LogP contribution >= 0.6 is 0 Å². The third-order valence-electron chi connectivity index (χ3n) is 9.76. The highest BCUT2D eigenvalue weighted by molar-refractivity contribution is 5.06. The Morgan fingerprint density at radius 3 is 1.57 bits per heavy atom. The Morgan fingerprint density at radius 2 is 1.10 bits per heavy atom. The van der Waals surface area contributed by atoms with Crippen LogP contribution in [0.3, 0.4) is 0 Å². The monoisotopic (exact) mass is 413 g/mol. The zero-order valence-electron chi connectivity index (χ0n) is 20.5. The van der Waals surface area contributed by atoms with Crippen molar-refractivity contribution >= 4 is 0 Å². The van der Waals surface area contributed by atoms with Gasteiger partial charge in [-0.25, -0.2) is 0 Å². The van der Waals surface area contributed by atoms with E-state index in [0.29, 0.717) is 5.92 Å². The maximum absolute atomic E-state index is 10.2. The minimum atomic E-state index is 0.0439. The van der Waals surface area contributed by atoms with Crippen LogP contribution in [0.2, 0.25) is 0 Å². The molecular weight excluding hydrogens is 362 g/mol. The smallest absolute Gasteiger partial charge is 0.0692 e. The SMILES string of the molecule is CCCCCC1CCC(C2CCC(C#N)(C3CCC(CCCCC)CC3)CC2)CC1. The maximum atomic E-state index is 10.2. The largest absolute Gasteiger partial charge is 0.198 e. The highest BCUT2D eigenvalue weighted by Gasteiger charge is 2.44. The van der Waals surface area contributed by atoms with Crippen LogP contribution in [0, 0.1) is 46.3 Å². The lowest BCUT2D eigenvalue weighted by molar-refractivity contribution is 0.0601. The van der Waals surface area contributed by atoms with E-state index in [1.165, 1.54) is 128 Å². The lowest BCUT2D eigenvalue weighted by atomic mass is 9.57. The molecule has 0 saturated heterocycles. The van der Waals surface area contributed by atoms with E-state index in [9.17, 15) is 5.26 Å². The van der Waals surface area contributed by atoms with E-state index in [0.717, 1.165) is 23.7 Å². The van der Waals surface area contributed by atoms with Crippen molar-refractivity contribution in [2.75, 3.05) is 0 Å². The summed E-state index contributed by atoms with van der Waals surface area (Å²) in [4.78, 5) is 0. The molecule has 0 aliphatic heterocycles. The molecule has 0 spiro atoms.